The van der Waals surface area contributed by atoms with Gasteiger partial charge in [0.1, 0.15) is 0 Å². The third kappa shape index (κ3) is 3.98. The summed E-state index contributed by atoms with van der Waals surface area (Å²) in [6, 6.07) is 13.6. The van der Waals surface area contributed by atoms with Gasteiger partial charge in [-0.2, -0.15) is 4.99 Å². The first-order valence-electron chi connectivity index (χ1n) is 7.80. The van der Waals surface area contributed by atoms with E-state index in [1.165, 1.54) is 23.0 Å². The Labute approximate surface area is 155 Å². The van der Waals surface area contributed by atoms with Crippen molar-refractivity contribution in [2.75, 3.05) is 0 Å². The van der Waals surface area contributed by atoms with Crippen molar-refractivity contribution in [3.05, 3.63) is 82.1 Å². The summed E-state index contributed by atoms with van der Waals surface area (Å²) in [7, 11) is 0. The van der Waals surface area contributed by atoms with Crippen LogP contribution >= 0.6 is 22.9 Å². The molecule has 1 aromatic heterocycles. The number of nitrogens with zero attached hydrogens (tertiary/aromatic N) is 2. The average molecular weight is 369 g/mol. The molecule has 126 valence electrons. The van der Waals surface area contributed by atoms with Gasteiger partial charge in [0, 0.05) is 17.6 Å². The Morgan fingerprint density at radius 2 is 2.12 bits per heavy atom. The SMILES string of the molecule is C=CCn1c(=NC(=O)/C=C/c2ccccc2Cl)sc2cc(C)ccc21. The van der Waals surface area contributed by atoms with Crippen molar-refractivity contribution in [1.82, 2.24) is 4.57 Å². The van der Waals surface area contributed by atoms with Gasteiger partial charge in [0.05, 0.1) is 10.2 Å². The van der Waals surface area contributed by atoms with Crippen molar-refractivity contribution in [2.45, 2.75) is 13.5 Å². The Morgan fingerprint density at radius 3 is 2.88 bits per heavy atom. The van der Waals surface area contributed by atoms with Crippen molar-refractivity contribution in [3.63, 3.8) is 0 Å². The highest BCUT2D eigenvalue weighted by molar-refractivity contribution is 7.16. The van der Waals surface area contributed by atoms with Crippen LogP contribution in [0.25, 0.3) is 16.3 Å². The first-order valence-corrected chi connectivity index (χ1v) is 9.00. The van der Waals surface area contributed by atoms with Crippen molar-refractivity contribution < 1.29 is 4.79 Å². The van der Waals surface area contributed by atoms with Gasteiger partial charge >= 0.3 is 0 Å². The summed E-state index contributed by atoms with van der Waals surface area (Å²) in [5.41, 5.74) is 3.02. The molecule has 0 bridgehead atoms. The van der Waals surface area contributed by atoms with E-state index >= 15 is 0 Å². The molecule has 0 aliphatic heterocycles. The first kappa shape index (κ1) is 17.4. The molecular weight excluding hydrogens is 352 g/mol. The molecule has 0 spiro atoms. The molecular formula is C20H17ClN2OS. The van der Waals surface area contributed by atoms with Gasteiger partial charge in [0.2, 0.25) is 0 Å². The third-order valence-electron chi connectivity index (χ3n) is 3.67. The van der Waals surface area contributed by atoms with Crippen molar-refractivity contribution in [2.24, 2.45) is 4.99 Å². The van der Waals surface area contributed by atoms with Gasteiger partial charge in [-0.1, -0.05) is 53.3 Å². The molecule has 0 aliphatic rings. The highest BCUT2D eigenvalue weighted by Crippen LogP contribution is 2.19. The van der Waals surface area contributed by atoms with E-state index in [-0.39, 0.29) is 5.91 Å². The van der Waals surface area contributed by atoms with E-state index in [0.717, 1.165) is 15.8 Å². The second-order valence-corrected chi connectivity index (χ2v) is 6.98. The van der Waals surface area contributed by atoms with E-state index < -0.39 is 0 Å². The largest absolute Gasteiger partial charge is 0.312 e. The number of benzene rings is 2. The van der Waals surface area contributed by atoms with Crippen LogP contribution in [0.2, 0.25) is 5.02 Å². The molecule has 0 N–H and O–H groups in total. The summed E-state index contributed by atoms with van der Waals surface area (Å²) < 4.78 is 3.09. The van der Waals surface area contributed by atoms with Gasteiger partial charge in [-0.25, -0.2) is 0 Å². The van der Waals surface area contributed by atoms with Crippen LogP contribution in [-0.2, 0) is 11.3 Å². The van der Waals surface area contributed by atoms with Crippen LogP contribution < -0.4 is 4.80 Å². The van der Waals surface area contributed by atoms with Gasteiger partial charge in [-0.15, -0.1) is 6.58 Å². The third-order valence-corrected chi connectivity index (χ3v) is 5.05. The molecule has 3 aromatic rings. The Kier molecular flexibility index (Phi) is 5.31. The lowest BCUT2D eigenvalue weighted by atomic mass is 10.2. The molecule has 0 fully saturated rings. The number of thiazole rings is 1. The summed E-state index contributed by atoms with van der Waals surface area (Å²) >= 11 is 7.60. The Morgan fingerprint density at radius 1 is 1.32 bits per heavy atom. The molecule has 1 heterocycles. The van der Waals surface area contributed by atoms with E-state index in [1.807, 2.05) is 35.8 Å². The molecule has 0 radical (unpaired) electrons. The maximum Gasteiger partial charge on any atom is 0.272 e. The minimum Gasteiger partial charge on any atom is -0.312 e. The van der Waals surface area contributed by atoms with Gasteiger partial charge in [-0.3, -0.25) is 4.79 Å². The lowest BCUT2D eigenvalue weighted by Crippen LogP contribution is -2.15. The van der Waals surface area contributed by atoms with E-state index in [1.54, 1.807) is 18.2 Å². The first-order chi connectivity index (χ1) is 12.1. The van der Waals surface area contributed by atoms with Crippen LogP contribution in [-0.4, -0.2) is 10.5 Å². The van der Waals surface area contributed by atoms with Crippen molar-refractivity contribution in [3.8, 4) is 0 Å². The van der Waals surface area contributed by atoms with Gasteiger partial charge < -0.3 is 4.57 Å². The number of halogens is 1. The topological polar surface area (TPSA) is 34.4 Å². The van der Waals surface area contributed by atoms with E-state index in [2.05, 4.69) is 23.7 Å². The molecule has 0 unspecified atom stereocenters. The Balaban J connectivity index is 1.99. The van der Waals surface area contributed by atoms with Gasteiger partial charge in [0.15, 0.2) is 4.80 Å². The average Bonchev–Trinajstić information content (AvgIpc) is 2.91. The van der Waals surface area contributed by atoms with Gasteiger partial charge in [0.25, 0.3) is 5.91 Å². The fourth-order valence-corrected chi connectivity index (χ4v) is 3.82. The highest BCUT2D eigenvalue weighted by atomic mass is 35.5. The number of fused-ring (bicyclic) bond motifs is 1. The molecule has 0 atom stereocenters. The van der Waals surface area contributed by atoms with Crippen LogP contribution in [0.5, 0.6) is 0 Å². The number of aryl methyl sites for hydroxylation is 1. The molecule has 0 saturated heterocycles. The monoisotopic (exact) mass is 368 g/mol. The number of allylic oxidation sites excluding steroid dienone is 1. The molecule has 0 aliphatic carbocycles. The minimum absolute atomic E-state index is 0.319. The lowest BCUT2D eigenvalue weighted by molar-refractivity contribution is -0.113. The molecule has 0 saturated carbocycles. The molecule has 1 amide bonds. The predicted octanol–water partition coefficient (Wildman–Crippen LogP) is 4.99. The number of amides is 1. The molecule has 3 nitrogen and oxygen atoms in total. The molecule has 25 heavy (non-hydrogen) atoms. The predicted molar refractivity (Wildman–Crippen MR) is 106 cm³/mol. The zero-order valence-corrected chi connectivity index (χ0v) is 15.3. The van der Waals surface area contributed by atoms with Crippen LogP contribution in [0.4, 0.5) is 0 Å². The summed E-state index contributed by atoms with van der Waals surface area (Å²) in [4.78, 5) is 17.2. The standard InChI is InChI=1S/C20H17ClN2OS/c1-3-12-23-17-10-8-14(2)13-18(17)25-20(23)22-19(24)11-9-15-6-4-5-7-16(15)21/h3-11,13H,1,12H2,2H3/b11-9+,22-20?. The van der Waals surface area contributed by atoms with Crippen LogP contribution in [0, 0.1) is 6.92 Å². The van der Waals surface area contributed by atoms with Crippen LogP contribution in [0.15, 0.2) is 66.2 Å². The summed E-state index contributed by atoms with van der Waals surface area (Å²) in [5, 5.41) is 0.602. The normalized spacial score (nSPS) is 12.2. The zero-order chi connectivity index (χ0) is 17.8. The van der Waals surface area contributed by atoms with Gasteiger partial charge in [-0.05, 0) is 42.3 Å². The molecule has 2 aromatic carbocycles. The number of hydrogen-bond donors (Lipinski definition) is 0. The summed E-state index contributed by atoms with van der Waals surface area (Å²) in [5.74, 6) is -0.319. The molecule has 5 heteroatoms. The number of rotatable bonds is 4. The fraction of sp³-hybridized carbons (Fsp3) is 0.100. The Bertz CT molecular complexity index is 1040. The maximum absolute atomic E-state index is 12.3. The Hall–Kier alpha value is -2.43. The van der Waals surface area contributed by atoms with E-state index in [0.29, 0.717) is 16.4 Å². The molecule has 3 rings (SSSR count). The van der Waals surface area contributed by atoms with E-state index in [9.17, 15) is 4.79 Å². The number of hydrogen-bond acceptors (Lipinski definition) is 2. The summed E-state index contributed by atoms with van der Waals surface area (Å²) in [6.45, 7) is 6.44. The van der Waals surface area contributed by atoms with Crippen molar-refractivity contribution in [1.29, 1.82) is 0 Å². The zero-order valence-electron chi connectivity index (χ0n) is 13.8. The van der Waals surface area contributed by atoms with Crippen LogP contribution in [0.3, 0.4) is 0 Å². The van der Waals surface area contributed by atoms with E-state index in [4.69, 9.17) is 11.6 Å². The second-order valence-electron chi connectivity index (χ2n) is 5.56. The lowest BCUT2D eigenvalue weighted by Gasteiger charge is -2.00. The quantitative estimate of drug-likeness (QED) is 0.471. The van der Waals surface area contributed by atoms with Crippen molar-refractivity contribution >= 4 is 45.1 Å². The maximum atomic E-state index is 12.3. The summed E-state index contributed by atoms with van der Waals surface area (Å²) in [6.07, 6.45) is 4.92. The minimum atomic E-state index is -0.319. The number of carbonyl (C=O) groups excluding carboxylic acids is 1. The number of carbonyl (C=O) groups is 1. The number of aromatic nitrogens is 1. The smallest absolute Gasteiger partial charge is 0.272 e. The fourth-order valence-electron chi connectivity index (χ4n) is 2.47. The highest BCUT2D eigenvalue weighted by Gasteiger charge is 2.06. The second kappa shape index (κ2) is 7.64. The van der Waals surface area contributed by atoms with Crippen LogP contribution in [0.1, 0.15) is 11.1 Å².